The van der Waals surface area contributed by atoms with E-state index in [-0.39, 0.29) is 30.3 Å². The molecule has 1 aromatic heterocycles. The van der Waals surface area contributed by atoms with Crippen molar-refractivity contribution in [2.24, 2.45) is 5.92 Å². The number of carbonyl (C=O) groups excluding carboxylic acids is 1. The van der Waals surface area contributed by atoms with Crippen LogP contribution in [0.2, 0.25) is 0 Å². The predicted octanol–water partition coefficient (Wildman–Crippen LogP) is 4.69. The summed E-state index contributed by atoms with van der Waals surface area (Å²) in [7, 11) is -4.01. The van der Waals surface area contributed by atoms with Crippen LogP contribution in [0.4, 0.5) is 4.79 Å². The van der Waals surface area contributed by atoms with Crippen molar-refractivity contribution in [3.8, 4) is 0 Å². The maximum absolute atomic E-state index is 13.7. The second-order valence-electron chi connectivity index (χ2n) is 10.5. The number of nitrogens with one attached hydrogen (secondary N) is 1. The first-order chi connectivity index (χ1) is 17.8. The molecule has 11 heteroatoms. The van der Waals surface area contributed by atoms with Gasteiger partial charge >= 0.3 is 6.09 Å². The third-order valence-electron chi connectivity index (χ3n) is 5.58. The van der Waals surface area contributed by atoms with Crippen molar-refractivity contribution in [3.63, 3.8) is 0 Å². The summed E-state index contributed by atoms with van der Waals surface area (Å²) in [5, 5.41) is 14.5. The Morgan fingerprint density at radius 3 is 2.45 bits per heavy atom. The Balaban J connectivity index is 1.89. The molecule has 208 valence electrons. The molecule has 0 saturated heterocycles. The van der Waals surface area contributed by atoms with Crippen LogP contribution in [0.25, 0.3) is 11.1 Å². The van der Waals surface area contributed by atoms with Gasteiger partial charge in [-0.3, -0.25) is 0 Å². The van der Waals surface area contributed by atoms with Gasteiger partial charge in [0, 0.05) is 19.2 Å². The highest BCUT2D eigenvalue weighted by atomic mass is 32.2. The molecule has 0 aliphatic rings. The second-order valence-corrected chi connectivity index (χ2v) is 13.2. The third-order valence-corrected chi connectivity index (χ3v) is 7.93. The number of hydrogen-bond donors (Lipinski definition) is 2. The number of thioether (sulfide) groups is 1. The summed E-state index contributed by atoms with van der Waals surface area (Å²) >= 11 is 1.33. The smallest absolute Gasteiger partial charge is 0.407 e. The van der Waals surface area contributed by atoms with Crippen LogP contribution in [0.15, 0.2) is 63.1 Å². The van der Waals surface area contributed by atoms with Crippen molar-refractivity contribution >= 4 is 39.0 Å². The van der Waals surface area contributed by atoms with Gasteiger partial charge in [0.2, 0.25) is 10.0 Å². The molecule has 2 unspecified atom stereocenters. The average molecular weight is 564 g/mol. The Morgan fingerprint density at radius 1 is 1.16 bits per heavy atom. The quantitative estimate of drug-likeness (QED) is 0.322. The Morgan fingerprint density at radius 2 is 1.84 bits per heavy atom. The Kier molecular flexibility index (Phi) is 9.85. The van der Waals surface area contributed by atoms with Crippen molar-refractivity contribution in [2.75, 3.05) is 19.3 Å². The van der Waals surface area contributed by atoms with Crippen molar-refractivity contribution in [3.05, 3.63) is 54.1 Å². The lowest BCUT2D eigenvalue weighted by Crippen LogP contribution is -2.51. The average Bonchev–Trinajstić information content (AvgIpc) is 3.25. The van der Waals surface area contributed by atoms with Gasteiger partial charge in [-0.1, -0.05) is 55.9 Å². The summed E-state index contributed by atoms with van der Waals surface area (Å²) < 4.78 is 39.8. The minimum atomic E-state index is -4.01. The van der Waals surface area contributed by atoms with E-state index in [1.165, 1.54) is 28.2 Å². The van der Waals surface area contributed by atoms with E-state index in [0.717, 1.165) is 5.56 Å². The Bertz CT molecular complexity index is 1320. The molecule has 3 aromatic rings. The third kappa shape index (κ3) is 8.20. The van der Waals surface area contributed by atoms with Crippen molar-refractivity contribution < 1.29 is 27.5 Å². The Labute approximate surface area is 229 Å². The molecule has 2 N–H and O–H groups in total. The number of rotatable bonds is 11. The van der Waals surface area contributed by atoms with E-state index < -0.39 is 33.9 Å². The number of amides is 1. The summed E-state index contributed by atoms with van der Waals surface area (Å²) in [4.78, 5) is 17.0. The SMILES string of the molecule is CSc1nc2ccc(S(=O)(=O)N(CC(C)C)CC(O)C(Cc3ccccc3)NC(=O)OC(C)(C)C)cc2o1. The number of sulfonamides is 1. The molecule has 0 aliphatic heterocycles. The first-order valence-electron chi connectivity index (χ1n) is 12.4. The van der Waals surface area contributed by atoms with Gasteiger partial charge in [-0.05, 0) is 57.1 Å². The summed E-state index contributed by atoms with van der Waals surface area (Å²) in [5.74, 6) is -0.0135. The second kappa shape index (κ2) is 12.5. The number of aliphatic hydroxyl groups excluding tert-OH is 1. The fourth-order valence-electron chi connectivity index (χ4n) is 3.90. The predicted molar refractivity (Wildman–Crippen MR) is 149 cm³/mol. The highest BCUT2D eigenvalue weighted by molar-refractivity contribution is 7.98. The van der Waals surface area contributed by atoms with E-state index in [4.69, 9.17) is 9.15 Å². The zero-order chi connectivity index (χ0) is 28.1. The van der Waals surface area contributed by atoms with Gasteiger partial charge < -0.3 is 19.6 Å². The van der Waals surface area contributed by atoms with Gasteiger partial charge in [0.05, 0.1) is 17.0 Å². The Hall–Kier alpha value is -2.60. The van der Waals surface area contributed by atoms with Crippen LogP contribution < -0.4 is 5.32 Å². The van der Waals surface area contributed by atoms with E-state index in [1.54, 1.807) is 26.8 Å². The maximum atomic E-state index is 13.7. The number of benzene rings is 2. The van der Waals surface area contributed by atoms with Crippen LogP contribution in [0, 0.1) is 5.92 Å². The van der Waals surface area contributed by atoms with Gasteiger partial charge in [0.25, 0.3) is 5.22 Å². The molecule has 0 spiro atoms. The molecular weight excluding hydrogens is 526 g/mol. The van der Waals surface area contributed by atoms with Crippen LogP contribution in [0.5, 0.6) is 0 Å². The molecule has 9 nitrogen and oxygen atoms in total. The summed E-state index contributed by atoms with van der Waals surface area (Å²) in [6.07, 6.45) is 0.216. The van der Waals surface area contributed by atoms with Crippen LogP contribution in [0.3, 0.4) is 0 Å². The van der Waals surface area contributed by atoms with E-state index in [2.05, 4.69) is 10.3 Å². The minimum absolute atomic E-state index is 0.0135. The normalized spacial score (nSPS) is 14.1. The van der Waals surface area contributed by atoms with Crippen LogP contribution in [-0.2, 0) is 21.2 Å². The summed E-state index contributed by atoms with van der Waals surface area (Å²) in [6, 6.07) is 13.1. The molecule has 2 atom stereocenters. The topological polar surface area (TPSA) is 122 Å². The van der Waals surface area contributed by atoms with E-state index in [0.29, 0.717) is 16.3 Å². The fourth-order valence-corrected chi connectivity index (χ4v) is 5.91. The monoisotopic (exact) mass is 563 g/mol. The van der Waals surface area contributed by atoms with Crippen LogP contribution in [0.1, 0.15) is 40.2 Å². The van der Waals surface area contributed by atoms with Gasteiger partial charge in [-0.25, -0.2) is 18.2 Å². The van der Waals surface area contributed by atoms with E-state index in [1.807, 2.05) is 50.4 Å². The zero-order valence-electron chi connectivity index (χ0n) is 22.7. The molecule has 0 bridgehead atoms. The number of oxazole rings is 1. The number of fused-ring (bicyclic) bond motifs is 1. The largest absolute Gasteiger partial charge is 0.444 e. The lowest BCUT2D eigenvalue weighted by atomic mass is 10.0. The number of alkyl carbamates (subject to hydrolysis) is 1. The van der Waals surface area contributed by atoms with Crippen molar-refractivity contribution in [1.29, 1.82) is 0 Å². The fraction of sp³-hybridized carbons (Fsp3) is 0.481. The molecule has 0 radical (unpaired) electrons. The zero-order valence-corrected chi connectivity index (χ0v) is 24.3. The highest BCUT2D eigenvalue weighted by Crippen LogP contribution is 2.26. The molecule has 1 heterocycles. The molecule has 2 aromatic carbocycles. The maximum Gasteiger partial charge on any atom is 0.407 e. The molecule has 3 rings (SSSR count). The van der Waals surface area contributed by atoms with E-state index in [9.17, 15) is 18.3 Å². The number of aliphatic hydroxyl groups is 1. The summed E-state index contributed by atoms with van der Waals surface area (Å²) in [6.45, 7) is 9.01. The molecule has 0 aliphatic carbocycles. The van der Waals surface area contributed by atoms with Crippen LogP contribution in [-0.4, -0.2) is 66.0 Å². The van der Waals surface area contributed by atoms with Gasteiger partial charge in [0.1, 0.15) is 11.1 Å². The van der Waals surface area contributed by atoms with E-state index >= 15 is 0 Å². The molecule has 0 saturated carbocycles. The highest BCUT2D eigenvalue weighted by Gasteiger charge is 2.32. The van der Waals surface area contributed by atoms with Crippen LogP contribution >= 0.6 is 11.8 Å². The first kappa shape index (κ1) is 29.9. The van der Waals surface area contributed by atoms with Crippen molar-refractivity contribution in [2.45, 2.75) is 68.9 Å². The number of nitrogens with zero attached hydrogens (tertiary/aromatic N) is 2. The number of aromatic nitrogens is 1. The number of ether oxygens (including phenoxy) is 1. The first-order valence-corrected chi connectivity index (χ1v) is 15.1. The van der Waals surface area contributed by atoms with Gasteiger partial charge in [0.15, 0.2) is 5.58 Å². The molecule has 0 fully saturated rings. The summed E-state index contributed by atoms with van der Waals surface area (Å²) in [5.41, 5.74) is 1.09. The lowest BCUT2D eigenvalue weighted by molar-refractivity contribution is 0.0400. The standard InChI is InChI=1S/C27H37N3O6S2/c1-18(2)16-30(38(33,34)20-12-13-21-24(15-20)35-26(29-21)37-6)17-23(31)22(14-19-10-8-7-9-11-19)28-25(32)36-27(3,4)5/h7-13,15,18,22-23,31H,14,16-17H2,1-6H3,(H,28,32). The lowest BCUT2D eigenvalue weighted by Gasteiger charge is -2.31. The van der Waals surface area contributed by atoms with Gasteiger partial charge in [-0.15, -0.1) is 0 Å². The molecule has 1 amide bonds. The minimum Gasteiger partial charge on any atom is -0.444 e. The van der Waals surface area contributed by atoms with Gasteiger partial charge in [-0.2, -0.15) is 4.31 Å². The van der Waals surface area contributed by atoms with Crippen molar-refractivity contribution in [1.82, 2.24) is 14.6 Å². The number of hydrogen-bond acceptors (Lipinski definition) is 8. The number of carbonyl (C=O) groups is 1. The molecular formula is C27H37N3O6S2. The molecule has 38 heavy (non-hydrogen) atoms.